The number of nitrogens with zero attached hydrogens (tertiary/aromatic N) is 3. The number of nitrogens with one attached hydrogen (secondary N) is 1. The standard InChI is InChI=1S/C12H16N4O/c17-10-2-1-9(7-10)8-13-11-4-6-16-12(15-11)3-5-14-16/h3-6,9-10,17H,1-2,7-8H2,(H,13,15). The fourth-order valence-electron chi connectivity index (χ4n) is 2.39. The second kappa shape index (κ2) is 4.33. The van der Waals surface area contributed by atoms with E-state index in [1.165, 1.54) is 0 Å². The Balaban J connectivity index is 1.64. The van der Waals surface area contributed by atoms with Crippen LogP contribution in [0.3, 0.4) is 0 Å². The molecule has 2 atom stereocenters. The average Bonchev–Trinajstić information content (AvgIpc) is 2.94. The summed E-state index contributed by atoms with van der Waals surface area (Å²) >= 11 is 0. The second-order valence-corrected chi connectivity index (χ2v) is 4.66. The van der Waals surface area contributed by atoms with Crippen LogP contribution in [0.4, 0.5) is 5.82 Å². The van der Waals surface area contributed by atoms with E-state index < -0.39 is 0 Å². The fourth-order valence-corrected chi connectivity index (χ4v) is 2.39. The van der Waals surface area contributed by atoms with E-state index in [-0.39, 0.29) is 6.10 Å². The monoisotopic (exact) mass is 232 g/mol. The first kappa shape index (κ1) is 10.5. The number of fused-ring (bicyclic) bond motifs is 1. The number of hydrogen-bond donors (Lipinski definition) is 2. The summed E-state index contributed by atoms with van der Waals surface area (Å²) in [5.74, 6) is 1.44. The Hall–Kier alpha value is -1.62. The highest BCUT2D eigenvalue weighted by Crippen LogP contribution is 2.25. The van der Waals surface area contributed by atoms with Crippen molar-refractivity contribution in [2.24, 2.45) is 5.92 Å². The fraction of sp³-hybridized carbons (Fsp3) is 0.500. The van der Waals surface area contributed by atoms with Gasteiger partial charge in [-0.2, -0.15) is 5.10 Å². The van der Waals surface area contributed by atoms with Crippen LogP contribution < -0.4 is 5.32 Å². The summed E-state index contributed by atoms with van der Waals surface area (Å²) < 4.78 is 1.74. The van der Waals surface area contributed by atoms with Crippen LogP contribution in [0.25, 0.3) is 5.65 Å². The van der Waals surface area contributed by atoms with Crippen LogP contribution in [0, 0.1) is 5.92 Å². The summed E-state index contributed by atoms with van der Waals surface area (Å²) in [6.07, 6.45) is 6.46. The first-order valence-corrected chi connectivity index (χ1v) is 6.03. The number of hydrogen-bond acceptors (Lipinski definition) is 4. The van der Waals surface area contributed by atoms with Crippen molar-refractivity contribution in [1.82, 2.24) is 14.6 Å². The molecule has 5 heteroatoms. The van der Waals surface area contributed by atoms with Crippen molar-refractivity contribution in [3.63, 3.8) is 0 Å². The van der Waals surface area contributed by atoms with Gasteiger partial charge in [-0.3, -0.25) is 0 Å². The van der Waals surface area contributed by atoms with Crippen molar-refractivity contribution in [2.75, 3.05) is 11.9 Å². The van der Waals surface area contributed by atoms with Gasteiger partial charge in [-0.15, -0.1) is 0 Å². The highest BCUT2D eigenvalue weighted by atomic mass is 16.3. The van der Waals surface area contributed by atoms with Crippen LogP contribution in [0.2, 0.25) is 0 Å². The second-order valence-electron chi connectivity index (χ2n) is 4.66. The normalized spacial score (nSPS) is 24.3. The molecule has 2 aromatic rings. The lowest BCUT2D eigenvalue weighted by Crippen LogP contribution is -2.13. The average molecular weight is 232 g/mol. The predicted octanol–water partition coefficient (Wildman–Crippen LogP) is 1.30. The van der Waals surface area contributed by atoms with Crippen molar-refractivity contribution < 1.29 is 5.11 Å². The topological polar surface area (TPSA) is 62.5 Å². The molecule has 1 aliphatic carbocycles. The molecule has 1 aliphatic rings. The lowest BCUT2D eigenvalue weighted by molar-refractivity contribution is 0.178. The number of rotatable bonds is 3. The van der Waals surface area contributed by atoms with E-state index in [1.807, 2.05) is 18.3 Å². The summed E-state index contributed by atoms with van der Waals surface area (Å²) in [7, 11) is 0. The van der Waals surface area contributed by atoms with Crippen LogP contribution in [-0.2, 0) is 0 Å². The van der Waals surface area contributed by atoms with Crippen molar-refractivity contribution in [1.29, 1.82) is 0 Å². The molecule has 3 rings (SSSR count). The van der Waals surface area contributed by atoms with Crippen LogP contribution in [0.15, 0.2) is 24.5 Å². The molecule has 2 heterocycles. The van der Waals surface area contributed by atoms with Gasteiger partial charge in [0.25, 0.3) is 0 Å². The molecule has 1 saturated carbocycles. The van der Waals surface area contributed by atoms with Gasteiger partial charge in [0.2, 0.25) is 0 Å². The van der Waals surface area contributed by atoms with E-state index in [2.05, 4.69) is 15.4 Å². The molecular weight excluding hydrogens is 216 g/mol. The van der Waals surface area contributed by atoms with Crippen LogP contribution in [0.1, 0.15) is 19.3 Å². The van der Waals surface area contributed by atoms with Crippen LogP contribution in [-0.4, -0.2) is 32.4 Å². The number of aliphatic hydroxyl groups excluding tert-OH is 1. The Bertz CT molecular complexity index is 510. The van der Waals surface area contributed by atoms with Gasteiger partial charge in [0, 0.05) is 18.8 Å². The minimum atomic E-state index is -0.105. The Morgan fingerprint density at radius 3 is 3.18 bits per heavy atom. The molecule has 0 spiro atoms. The van der Waals surface area contributed by atoms with Gasteiger partial charge >= 0.3 is 0 Å². The summed E-state index contributed by atoms with van der Waals surface area (Å²) in [6.45, 7) is 0.883. The van der Waals surface area contributed by atoms with Gasteiger partial charge in [-0.1, -0.05) is 0 Å². The smallest absolute Gasteiger partial charge is 0.157 e. The molecule has 1 fully saturated rings. The molecule has 0 aromatic carbocycles. The Morgan fingerprint density at radius 2 is 2.35 bits per heavy atom. The Morgan fingerprint density at radius 1 is 1.41 bits per heavy atom. The third-order valence-corrected chi connectivity index (χ3v) is 3.34. The zero-order valence-electron chi connectivity index (χ0n) is 9.58. The molecule has 0 saturated heterocycles. The minimum Gasteiger partial charge on any atom is -0.393 e. The van der Waals surface area contributed by atoms with Crippen molar-refractivity contribution >= 4 is 11.5 Å². The van der Waals surface area contributed by atoms with Gasteiger partial charge in [-0.25, -0.2) is 9.50 Å². The number of anilines is 1. The number of aliphatic hydroxyl groups is 1. The molecule has 2 N–H and O–H groups in total. The molecule has 0 amide bonds. The maximum Gasteiger partial charge on any atom is 0.157 e. The van der Waals surface area contributed by atoms with Gasteiger partial charge in [0.15, 0.2) is 5.65 Å². The summed E-state index contributed by atoms with van der Waals surface area (Å²) in [5.41, 5.74) is 0.849. The summed E-state index contributed by atoms with van der Waals surface area (Å²) in [5, 5.41) is 16.9. The first-order chi connectivity index (χ1) is 8.31. The first-order valence-electron chi connectivity index (χ1n) is 6.03. The Labute approximate surface area is 99.5 Å². The molecule has 90 valence electrons. The Kier molecular flexibility index (Phi) is 2.68. The number of aromatic nitrogens is 3. The highest BCUT2D eigenvalue weighted by molar-refractivity contribution is 5.45. The molecule has 5 nitrogen and oxygen atoms in total. The predicted molar refractivity (Wildman–Crippen MR) is 64.8 cm³/mol. The van der Waals surface area contributed by atoms with Gasteiger partial charge in [0.05, 0.1) is 12.3 Å². The quantitative estimate of drug-likeness (QED) is 0.837. The van der Waals surface area contributed by atoms with E-state index in [4.69, 9.17) is 0 Å². The van der Waals surface area contributed by atoms with E-state index >= 15 is 0 Å². The maximum absolute atomic E-state index is 9.46. The van der Waals surface area contributed by atoms with Crippen LogP contribution >= 0.6 is 0 Å². The van der Waals surface area contributed by atoms with Gasteiger partial charge in [0.1, 0.15) is 5.82 Å². The maximum atomic E-state index is 9.46. The van der Waals surface area contributed by atoms with Crippen molar-refractivity contribution in [3.05, 3.63) is 24.5 Å². The molecule has 0 aliphatic heterocycles. The zero-order chi connectivity index (χ0) is 11.7. The third kappa shape index (κ3) is 2.24. The van der Waals surface area contributed by atoms with Crippen LogP contribution in [0.5, 0.6) is 0 Å². The van der Waals surface area contributed by atoms with Crippen molar-refractivity contribution in [3.8, 4) is 0 Å². The molecule has 2 aromatic heterocycles. The largest absolute Gasteiger partial charge is 0.393 e. The van der Waals surface area contributed by atoms with E-state index in [0.717, 1.165) is 37.3 Å². The van der Waals surface area contributed by atoms with E-state index in [1.54, 1.807) is 10.7 Å². The zero-order valence-corrected chi connectivity index (χ0v) is 9.58. The van der Waals surface area contributed by atoms with Gasteiger partial charge in [-0.05, 0) is 31.2 Å². The van der Waals surface area contributed by atoms with E-state index in [0.29, 0.717) is 5.92 Å². The molecule has 2 unspecified atom stereocenters. The summed E-state index contributed by atoms with van der Waals surface area (Å²) in [4.78, 5) is 4.44. The molecule has 17 heavy (non-hydrogen) atoms. The lowest BCUT2D eigenvalue weighted by atomic mass is 10.1. The minimum absolute atomic E-state index is 0.105. The van der Waals surface area contributed by atoms with E-state index in [9.17, 15) is 5.11 Å². The van der Waals surface area contributed by atoms with Gasteiger partial charge < -0.3 is 10.4 Å². The van der Waals surface area contributed by atoms with Crippen molar-refractivity contribution in [2.45, 2.75) is 25.4 Å². The molecule has 0 bridgehead atoms. The summed E-state index contributed by atoms with van der Waals surface area (Å²) in [6, 6.07) is 3.80. The third-order valence-electron chi connectivity index (χ3n) is 3.34. The SMILES string of the molecule is OC1CCC(CNc2ccn3nccc3n2)C1. The lowest BCUT2D eigenvalue weighted by Gasteiger charge is -2.11. The molecular formula is C12H16N4O. The molecule has 0 radical (unpaired) electrons. The highest BCUT2D eigenvalue weighted by Gasteiger charge is 2.22.